The van der Waals surface area contributed by atoms with Crippen molar-refractivity contribution in [3.05, 3.63) is 59.2 Å². The summed E-state index contributed by atoms with van der Waals surface area (Å²) in [5.74, 6) is -0.753. The Balaban J connectivity index is 0.000000274. The Labute approximate surface area is 206 Å². The Morgan fingerprint density at radius 3 is 2.30 bits per heavy atom. The zero-order valence-electron chi connectivity index (χ0n) is 17.9. The van der Waals surface area contributed by atoms with Gasteiger partial charge in [-0.1, -0.05) is 46.3 Å². The summed E-state index contributed by atoms with van der Waals surface area (Å²) in [4.78, 5) is 1.02. The Kier molecular flexibility index (Phi) is 13.1. The number of thiol groups is 1. The standard InChI is InChI=1S/C12H12F2O2.C7H8S.C3H8F2NPS.CH4/c13-9-1-2-10(14)12-11(9)8-3-4-15-5-7(8)6-16-12;1-6-2-4-7(8)5-3-6;1-6-8-2-3(4,5)7;/h1-2,7-8H,3-6H2;2-5,8H,1H3;6H,2,7H2,1H3;1H4. The average Bonchev–Trinajstić information content (AvgIpc) is 2.77. The highest BCUT2D eigenvalue weighted by molar-refractivity contribution is 7.97. The first kappa shape index (κ1) is 30.0. The molecule has 2 heterocycles. The molecule has 0 bridgehead atoms. The number of hydrogen-bond acceptors (Lipinski definition) is 5. The second-order valence-corrected chi connectivity index (χ2v) is 9.75. The summed E-state index contributed by atoms with van der Waals surface area (Å²) in [7, 11) is 3.08. The van der Waals surface area contributed by atoms with Crippen LogP contribution in [0.5, 0.6) is 5.75 Å². The third kappa shape index (κ3) is 10.0. The van der Waals surface area contributed by atoms with Gasteiger partial charge in [-0.2, -0.15) is 0 Å². The minimum atomic E-state index is -2.63. The predicted molar refractivity (Wildman–Crippen MR) is 135 cm³/mol. The molecule has 2 aliphatic heterocycles. The van der Waals surface area contributed by atoms with Crippen molar-refractivity contribution in [1.29, 1.82) is 0 Å². The smallest absolute Gasteiger partial charge is 0.269 e. The number of hydrogen-bond donors (Lipinski definition) is 2. The number of nitrogens with one attached hydrogen (secondary N) is 1. The van der Waals surface area contributed by atoms with Crippen LogP contribution in [-0.4, -0.2) is 38.3 Å². The maximum Gasteiger partial charge on any atom is 0.269 e. The highest BCUT2D eigenvalue weighted by atomic mass is 32.2. The monoisotopic (exact) mass is 525 g/mol. The Morgan fingerprint density at radius 1 is 1.12 bits per heavy atom. The van der Waals surface area contributed by atoms with Crippen molar-refractivity contribution in [3.63, 3.8) is 0 Å². The van der Waals surface area contributed by atoms with Crippen molar-refractivity contribution in [2.75, 3.05) is 32.6 Å². The normalized spacial score (nSPS) is 18.7. The third-order valence-electron chi connectivity index (χ3n) is 4.82. The lowest BCUT2D eigenvalue weighted by molar-refractivity contribution is 0.00815. The van der Waals surface area contributed by atoms with Crippen LogP contribution in [0.25, 0.3) is 0 Å². The number of halogens is 4. The van der Waals surface area contributed by atoms with Gasteiger partial charge in [-0.15, -0.1) is 12.6 Å². The molecule has 2 aromatic carbocycles. The van der Waals surface area contributed by atoms with Crippen LogP contribution in [0.1, 0.15) is 30.9 Å². The number of ether oxygens (including phenoxy) is 2. The highest BCUT2D eigenvalue weighted by Crippen LogP contribution is 2.43. The molecule has 186 valence electrons. The van der Waals surface area contributed by atoms with Crippen LogP contribution in [0.4, 0.5) is 17.6 Å². The van der Waals surface area contributed by atoms with Gasteiger partial charge in [0.2, 0.25) is 0 Å². The van der Waals surface area contributed by atoms with Crippen LogP contribution in [0.3, 0.4) is 0 Å². The molecule has 0 saturated carbocycles. The summed E-state index contributed by atoms with van der Waals surface area (Å²) >= 11 is 5.13. The van der Waals surface area contributed by atoms with E-state index < -0.39 is 11.5 Å². The van der Waals surface area contributed by atoms with Crippen molar-refractivity contribution in [2.24, 2.45) is 5.92 Å². The molecule has 3 atom stereocenters. The van der Waals surface area contributed by atoms with Gasteiger partial charge in [0.25, 0.3) is 5.66 Å². The van der Waals surface area contributed by atoms with Crippen molar-refractivity contribution >= 4 is 33.8 Å². The number of aryl methyl sites for hydroxylation is 1. The maximum absolute atomic E-state index is 13.7. The number of alkyl halides is 2. The molecule has 0 aromatic heterocycles. The Morgan fingerprint density at radius 2 is 1.76 bits per heavy atom. The van der Waals surface area contributed by atoms with E-state index in [0.717, 1.165) is 29.3 Å². The zero-order valence-corrected chi connectivity index (χ0v) is 20.8. The molecule has 0 radical (unpaired) electrons. The molecule has 2 aliphatic rings. The molecule has 1 saturated heterocycles. The summed E-state index contributed by atoms with van der Waals surface area (Å²) in [6.45, 7) is 3.65. The molecule has 3 nitrogen and oxygen atoms in total. The van der Waals surface area contributed by atoms with Crippen LogP contribution in [0, 0.1) is 24.5 Å². The lowest BCUT2D eigenvalue weighted by atomic mass is 9.80. The van der Waals surface area contributed by atoms with E-state index in [2.05, 4.69) is 24.3 Å². The van der Waals surface area contributed by atoms with E-state index in [4.69, 9.17) is 9.47 Å². The summed E-state index contributed by atoms with van der Waals surface area (Å²) in [6.07, 6.45) is 0.738. The lowest BCUT2D eigenvalue weighted by Crippen LogP contribution is -2.35. The van der Waals surface area contributed by atoms with E-state index in [0.29, 0.717) is 25.4 Å². The van der Waals surface area contributed by atoms with Crippen molar-refractivity contribution in [1.82, 2.24) is 4.72 Å². The van der Waals surface area contributed by atoms with Gasteiger partial charge in [0.1, 0.15) is 5.82 Å². The lowest BCUT2D eigenvalue weighted by Gasteiger charge is -2.36. The first-order chi connectivity index (χ1) is 15.1. The average molecular weight is 526 g/mol. The van der Waals surface area contributed by atoms with Crippen LogP contribution in [0.15, 0.2) is 41.3 Å². The second-order valence-electron chi connectivity index (χ2n) is 7.40. The molecular formula is C23H32F4NO2PS2. The van der Waals surface area contributed by atoms with E-state index in [9.17, 15) is 17.6 Å². The SMILES string of the molecule is C.CNSCC(F)(F)P.Cc1ccc(S)cc1.Fc1ccc(F)c2c1OCC1COCCC21. The van der Waals surface area contributed by atoms with Crippen LogP contribution < -0.4 is 9.46 Å². The molecule has 1 N–H and O–H groups in total. The minimum absolute atomic E-state index is 0. The first-order valence-electron chi connectivity index (χ1n) is 10.0. The van der Waals surface area contributed by atoms with E-state index in [1.165, 1.54) is 20.9 Å². The molecular weight excluding hydrogens is 493 g/mol. The van der Waals surface area contributed by atoms with Gasteiger partial charge in [-0.05, 0) is 44.7 Å². The largest absolute Gasteiger partial charge is 0.490 e. The van der Waals surface area contributed by atoms with Crippen molar-refractivity contribution in [3.8, 4) is 5.75 Å². The Hall–Kier alpha value is -0.990. The highest BCUT2D eigenvalue weighted by Gasteiger charge is 2.37. The fourth-order valence-corrected chi connectivity index (χ4v) is 4.02. The quantitative estimate of drug-likeness (QED) is 0.202. The summed E-state index contributed by atoms with van der Waals surface area (Å²) < 4.78 is 64.0. The zero-order chi connectivity index (χ0) is 23.7. The van der Waals surface area contributed by atoms with Gasteiger partial charge < -0.3 is 9.47 Å². The van der Waals surface area contributed by atoms with Gasteiger partial charge in [0.15, 0.2) is 11.6 Å². The van der Waals surface area contributed by atoms with Crippen LogP contribution in [-0.2, 0) is 4.74 Å². The fourth-order valence-electron chi connectivity index (χ4n) is 3.29. The maximum atomic E-state index is 13.7. The molecule has 33 heavy (non-hydrogen) atoms. The van der Waals surface area contributed by atoms with E-state index in [1.807, 2.05) is 24.3 Å². The van der Waals surface area contributed by atoms with Gasteiger partial charge in [-0.25, -0.2) is 17.6 Å². The number of fused-ring (bicyclic) bond motifs is 3. The molecule has 10 heteroatoms. The molecule has 4 rings (SSSR count). The summed E-state index contributed by atoms with van der Waals surface area (Å²) in [5, 5.41) is 0. The van der Waals surface area contributed by atoms with E-state index in [-0.39, 0.29) is 36.6 Å². The van der Waals surface area contributed by atoms with Crippen LogP contribution in [0.2, 0.25) is 0 Å². The topological polar surface area (TPSA) is 30.5 Å². The van der Waals surface area contributed by atoms with Gasteiger partial charge >= 0.3 is 0 Å². The molecule has 0 aliphatic carbocycles. The molecule has 1 fully saturated rings. The van der Waals surface area contributed by atoms with Crippen molar-refractivity contribution < 1.29 is 27.0 Å². The van der Waals surface area contributed by atoms with Crippen molar-refractivity contribution in [2.45, 2.75) is 37.2 Å². The molecule has 0 amide bonds. The first-order valence-corrected chi connectivity index (χ1v) is 12.0. The fraction of sp³-hybridized carbons (Fsp3) is 0.478. The minimum Gasteiger partial charge on any atom is -0.490 e. The molecule has 2 aromatic rings. The number of rotatable bonds is 3. The number of benzene rings is 2. The van der Waals surface area contributed by atoms with Gasteiger partial charge in [0.05, 0.1) is 19.0 Å². The molecule has 3 unspecified atom stereocenters. The van der Waals surface area contributed by atoms with Gasteiger partial charge in [0, 0.05) is 28.9 Å². The van der Waals surface area contributed by atoms with E-state index in [1.54, 1.807) is 7.05 Å². The Bertz CT molecular complexity index is 833. The predicted octanol–water partition coefficient (Wildman–Crippen LogP) is 6.72. The van der Waals surface area contributed by atoms with Gasteiger partial charge in [-0.3, -0.25) is 4.72 Å². The van der Waals surface area contributed by atoms with E-state index >= 15 is 0 Å². The summed E-state index contributed by atoms with van der Waals surface area (Å²) in [5.41, 5.74) is -0.949. The third-order valence-corrected chi connectivity index (χ3v) is 6.44. The van der Waals surface area contributed by atoms with Crippen LogP contribution >= 0.6 is 33.8 Å². The molecule has 0 spiro atoms. The summed E-state index contributed by atoms with van der Waals surface area (Å²) in [6, 6.07) is 10.4. The second kappa shape index (κ2) is 14.4.